The molecule has 0 saturated carbocycles. The number of amides is 2. The van der Waals surface area contributed by atoms with Crippen molar-refractivity contribution in [2.45, 2.75) is 20.0 Å². The van der Waals surface area contributed by atoms with Gasteiger partial charge in [0.25, 0.3) is 11.8 Å². The molecule has 146 valence electrons. The van der Waals surface area contributed by atoms with Gasteiger partial charge >= 0.3 is 0 Å². The molecule has 0 unspecified atom stereocenters. The minimum atomic E-state index is -0.273. The average Bonchev–Trinajstić information content (AvgIpc) is 2.87. The van der Waals surface area contributed by atoms with Gasteiger partial charge in [-0.2, -0.15) is 0 Å². The van der Waals surface area contributed by atoms with Crippen LogP contribution in [0.2, 0.25) is 0 Å². The Morgan fingerprint density at radius 3 is 2.22 bits per heavy atom. The van der Waals surface area contributed by atoms with Crippen molar-refractivity contribution in [3.05, 3.63) is 35.5 Å². The van der Waals surface area contributed by atoms with Crippen LogP contribution in [0.4, 0.5) is 0 Å². The number of hydrogen-bond donors (Lipinski definition) is 1. The molecule has 0 aliphatic carbocycles. The Bertz CT molecular complexity index is 734. The third-order valence-corrected chi connectivity index (χ3v) is 4.88. The number of ether oxygens (including phenoxy) is 1. The Balaban J connectivity index is 1.89. The summed E-state index contributed by atoms with van der Waals surface area (Å²) in [5.74, 6) is 0.206. The molecular formula is C20H27N3O4. The summed E-state index contributed by atoms with van der Waals surface area (Å²) >= 11 is 0. The molecule has 1 aromatic carbocycles. The van der Waals surface area contributed by atoms with Crippen LogP contribution in [-0.4, -0.2) is 84.1 Å². The predicted molar refractivity (Wildman–Crippen MR) is 102 cm³/mol. The summed E-state index contributed by atoms with van der Waals surface area (Å²) in [5.41, 5.74) is 1.65. The second-order valence-corrected chi connectivity index (χ2v) is 7.14. The number of aliphatic hydroxyl groups excluding tert-OH is 1. The number of imide groups is 1. The van der Waals surface area contributed by atoms with Crippen molar-refractivity contribution < 1.29 is 19.4 Å². The normalized spacial score (nSPS) is 18.9. The average molecular weight is 373 g/mol. The van der Waals surface area contributed by atoms with E-state index in [9.17, 15) is 9.59 Å². The Morgan fingerprint density at radius 2 is 1.67 bits per heavy atom. The monoisotopic (exact) mass is 373 g/mol. The van der Waals surface area contributed by atoms with Crippen LogP contribution in [0.3, 0.4) is 0 Å². The molecule has 2 aliphatic heterocycles. The van der Waals surface area contributed by atoms with Gasteiger partial charge in [-0.25, -0.2) is 0 Å². The van der Waals surface area contributed by atoms with E-state index in [1.165, 1.54) is 11.9 Å². The molecule has 3 rings (SSSR count). The molecule has 7 heteroatoms. The van der Waals surface area contributed by atoms with E-state index in [1.807, 2.05) is 43.0 Å². The van der Waals surface area contributed by atoms with Crippen molar-refractivity contribution >= 4 is 17.4 Å². The van der Waals surface area contributed by atoms with Gasteiger partial charge in [-0.1, -0.05) is 12.1 Å². The zero-order valence-corrected chi connectivity index (χ0v) is 16.1. The van der Waals surface area contributed by atoms with E-state index in [-0.39, 0.29) is 24.5 Å². The largest absolute Gasteiger partial charge is 0.491 e. The van der Waals surface area contributed by atoms with E-state index in [0.717, 1.165) is 24.4 Å². The van der Waals surface area contributed by atoms with Crippen molar-refractivity contribution in [1.82, 2.24) is 14.7 Å². The molecule has 1 aromatic rings. The molecule has 7 nitrogen and oxygen atoms in total. The number of rotatable bonds is 6. The van der Waals surface area contributed by atoms with Crippen LogP contribution in [0.25, 0.3) is 5.57 Å². The van der Waals surface area contributed by atoms with E-state index >= 15 is 0 Å². The number of benzene rings is 1. The van der Waals surface area contributed by atoms with Gasteiger partial charge in [0, 0.05) is 39.8 Å². The smallest absolute Gasteiger partial charge is 0.277 e. The standard InChI is InChI=1S/C20H27N3O4/c1-14(2)27-16-6-4-15(5-7-16)17-18(20(26)21(3)19(17)25)23-10-8-22(9-11-23)12-13-24/h4-7,14,24H,8-13H2,1-3H3. The highest BCUT2D eigenvalue weighted by Gasteiger charge is 2.40. The van der Waals surface area contributed by atoms with Crippen molar-refractivity contribution in [3.8, 4) is 5.75 Å². The van der Waals surface area contributed by atoms with Gasteiger partial charge in [-0.15, -0.1) is 0 Å². The number of nitrogens with zero attached hydrogens (tertiary/aromatic N) is 3. The maximum atomic E-state index is 12.7. The maximum absolute atomic E-state index is 12.7. The summed E-state index contributed by atoms with van der Waals surface area (Å²) in [5, 5.41) is 9.09. The number of aliphatic hydroxyl groups is 1. The van der Waals surface area contributed by atoms with Crippen LogP contribution >= 0.6 is 0 Å². The highest BCUT2D eigenvalue weighted by Crippen LogP contribution is 2.32. The van der Waals surface area contributed by atoms with Crippen LogP contribution in [0.5, 0.6) is 5.75 Å². The van der Waals surface area contributed by atoms with Gasteiger partial charge < -0.3 is 14.7 Å². The third kappa shape index (κ3) is 3.99. The van der Waals surface area contributed by atoms with Gasteiger partial charge in [-0.05, 0) is 31.5 Å². The van der Waals surface area contributed by atoms with Gasteiger partial charge in [0.15, 0.2) is 0 Å². The number of hydrogen-bond acceptors (Lipinski definition) is 6. The lowest BCUT2D eigenvalue weighted by atomic mass is 10.0. The first-order valence-electron chi connectivity index (χ1n) is 9.34. The molecule has 27 heavy (non-hydrogen) atoms. The number of β-amino-alcohol motifs (C(OH)–C–C–N with tert-alkyl or cyclic N) is 1. The first-order valence-corrected chi connectivity index (χ1v) is 9.34. The Labute approximate surface area is 159 Å². The van der Waals surface area contributed by atoms with E-state index in [1.54, 1.807) is 0 Å². The maximum Gasteiger partial charge on any atom is 0.277 e. The van der Waals surface area contributed by atoms with Gasteiger partial charge in [-0.3, -0.25) is 19.4 Å². The molecule has 1 fully saturated rings. The fourth-order valence-corrected chi connectivity index (χ4v) is 3.49. The molecule has 2 heterocycles. The molecule has 1 saturated heterocycles. The lowest BCUT2D eigenvalue weighted by Gasteiger charge is -2.36. The second-order valence-electron chi connectivity index (χ2n) is 7.14. The molecule has 0 radical (unpaired) electrons. The number of carbonyl (C=O) groups excluding carboxylic acids is 2. The summed E-state index contributed by atoms with van der Waals surface area (Å²) in [6, 6.07) is 7.32. The van der Waals surface area contributed by atoms with Crippen molar-refractivity contribution in [1.29, 1.82) is 0 Å². The Kier molecular flexibility index (Phi) is 5.82. The SMILES string of the molecule is CC(C)Oc1ccc(C2=C(N3CCN(CCO)CC3)C(=O)N(C)C2=O)cc1. The zero-order valence-electron chi connectivity index (χ0n) is 16.1. The molecule has 0 spiro atoms. The fourth-order valence-electron chi connectivity index (χ4n) is 3.49. The van der Waals surface area contributed by atoms with Crippen LogP contribution in [0, 0.1) is 0 Å². The minimum Gasteiger partial charge on any atom is -0.491 e. The molecular weight excluding hydrogens is 346 g/mol. The first-order chi connectivity index (χ1) is 12.9. The van der Waals surface area contributed by atoms with Crippen LogP contribution in [0.1, 0.15) is 19.4 Å². The van der Waals surface area contributed by atoms with E-state index in [4.69, 9.17) is 9.84 Å². The summed E-state index contributed by atoms with van der Waals surface area (Å²) in [6.45, 7) is 7.48. The van der Waals surface area contributed by atoms with Crippen LogP contribution in [-0.2, 0) is 9.59 Å². The quantitative estimate of drug-likeness (QED) is 0.744. The topological polar surface area (TPSA) is 73.3 Å². The highest BCUT2D eigenvalue weighted by molar-refractivity contribution is 6.35. The van der Waals surface area contributed by atoms with E-state index < -0.39 is 0 Å². The number of likely N-dealkylation sites (N-methyl/N-ethyl adjacent to an activating group) is 1. The molecule has 2 amide bonds. The van der Waals surface area contributed by atoms with Crippen LogP contribution in [0.15, 0.2) is 30.0 Å². The van der Waals surface area contributed by atoms with E-state index in [2.05, 4.69) is 4.90 Å². The number of carbonyl (C=O) groups is 2. The van der Waals surface area contributed by atoms with Crippen molar-refractivity contribution in [2.24, 2.45) is 0 Å². The van der Waals surface area contributed by atoms with Gasteiger partial charge in [0.05, 0.1) is 18.3 Å². The molecule has 0 aromatic heterocycles. The van der Waals surface area contributed by atoms with Gasteiger partial charge in [0.2, 0.25) is 0 Å². The Hall–Kier alpha value is -2.38. The first kappa shape index (κ1) is 19.4. The van der Waals surface area contributed by atoms with Crippen molar-refractivity contribution in [3.63, 3.8) is 0 Å². The zero-order chi connectivity index (χ0) is 19.6. The summed E-state index contributed by atoms with van der Waals surface area (Å²) in [7, 11) is 1.52. The molecule has 0 bridgehead atoms. The lowest BCUT2D eigenvalue weighted by molar-refractivity contribution is -0.136. The van der Waals surface area contributed by atoms with Crippen LogP contribution < -0.4 is 4.74 Å². The van der Waals surface area contributed by atoms with E-state index in [0.29, 0.717) is 30.9 Å². The summed E-state index contributed by atoms with van der Waals surface area (Å²) in [4.78, 5) is 30.8. The summed E-state index contributed by atoms with van der Waals surface area (Å²) < 4.78 is 5.66. The lowest BCUT2D eigenvalue weighted by Crippen LogP contribution is -2.48. The second kappa shape index (κ2) is 8.10. The van der Waals surface area contributed by atoms with Crippen molar-refractivity contribution in [2.75, 3.05) is 46.4 Å². The van der Waals surface area contributed by atoms with Gasteiger partial charge in [0.1, 0.15) is 11.4 Å². The number of piperazine rings is 1. The third-order valence-electron chi connectivity index (χ3n) is 4.88. The fraction of sp³-hybridized carbons (Fsp3) is 0.500. The minimum absolute atomic E-state index is 0.0710. The summed E-state index contributed by atoms with van der Waals surface area (Å²) in [6.07, 6.45) is 0.0710. The molecule has 1 N–H and O–H groups in total. The molecule has 0 atom stereocenters. The Morgan fingerprint density at radius 1 is 1.04 bits per heavy atom. The predicted octanol–water partition coefficient (Wildman–Crippen LogP) is 0.793. The highest BCUT2D eigenvalue weighted by atomic mass is 16.5. The molecule has 2 aliphatic rings.